The number of carbonyl (C=O) groups is 1. The van der Waals surface area contributed by atoms with Gasteiger partial charge in [0.25, 0.3) is 0 Å². The topological polar surface area (TPSA) is 59.8 Å². The molecule has 1 amide bonds. The highest BCUT2D eigenvalue weighted by molar-refractivity contribution is 7.97. The number of nitrogens with one attached hydrogen (secondary N) is 1. The number of amides is 1. The van der Waals surface area contributed by atoms with Crippen LogP contribution in [0.3, 0.4) is 0 Å². The van der Waals surface area contributed by atoms with Crippen molar-refractivity contribution in [3.8, 4) is 0 Å². The van der Waals surface area contributed by atoms with Crippen LogP contribution in [0, 0.1) is 5.82 Å². The fraction of sp³-hybridized carbons (Fsp3) is 0.424. The number of aryl methyl sites for hydroxylation is 2. The van der Waals surface area contributed by atoms with Crippen LogP contribution in [0.4, 0.5) is 4.39 Å². The Balaban J connectivity index is 0.000000722. The van der Waals surface area contributed by atoms with E-state index in [2.05, 4.69) is 64.1 Å². The van der Waals surface area contributed by atoms with Gasteiger partial charge in [-0.05, 0) is 69.0 Å². The largest absolute Gasteiger partial charge is 0.352 e. The molecular weight excluding hydrogens is 555 g/mol. The van der Waals surface area contributed by atoms with Gasteiger partial charge in [0, 0.05) is 31.8 Å². The maximum Gasteiger partial charge on any atom is 0.220 e. The highest BCUT2D eigenvalue weighted by Gasteiger charge is 2.12. The standard InChI is InChI=1S/C24H29FN4OS.C5H9Cl.C4H8/c1-31-18-23-28-27-22(29(23)16-15-19-7-3-2-4-8-19)9-5-6-10-24(30)26-17-20-11-13-21(25)14-12-20;1-2-3-4-5-6;1-4(2)3/h2-4,7-8,11-14H,5-6,9-10,15-18H2,1H3,(H,26,30);3-4H,2,5H2,1H3;1H2,2-3H3/b;4-3-;. The number of halogens is 2. The van der Waals surface area contributed by atoms with Crippen LogP contribution in [-0.4, -0.2) is 32.8 Å². The van der Waals surface area contributed by atoms with Crippen molar-refractivity contribution in [3.05, 3.63) is 107 Å². The normalized spacial score (nSPS) is 10.4. The average Bonchev–Trinajstić information content (AvgIpc) is 3.34. The zero-order valence-corrected chi connectivity index (χ0v) is 26.6. The highest BCUT2D eigenvalue weighted by Crippen LogP contribution is 2.14. The third-order valence-corrected chi connectivity index (χ3v) is 6.32. The van der Waals surface area contributed by atoms with Gasteiger partial charge in [0.05, 0.1) is 5.75 Å². The van der Waals surface area contributed by atoms with Crippen molar-refractivity contribution in [1.82, 2.24) is 20.1 Å². The van der Waals surface area contributed by atoms with Gasteiger partial charge in [-0.2, -0.15) is 11.8 Å². The summed E-state index contributed by atoms with van der Waals surface area (Å²) < 4.78 is 15.2. The SMILES string of the molecule is C=C(C)C.CC/C=C\CCl.CSCc1nnc(CCCCC(=O)NCc2ccc(F)cc2)n1CCc1ccccc1. The number of rotatable bonds is 14. The lowest BCUT2D eigenvalue weighted by Crippen LogP contribution is -2.22. The second kappa shape index (κ2) is 22.8. The lowest BCUT2D eigenvalue weighted by molar-refractivity contribution is -0.121. The Bertz CT molecular complexity index is 1140. The van der Waals surface area contributed by atoms with Crippen molar-refractivity contribution in [2.75, 3.05) is 12.1 Å². The summed E-state index contributed by atoms with van der Waals surface area (Å²) in [4.78, 5) is 12.1. The second-order valence-corrected chi connectivity index (χ2v) is 10.9. The summed E-state index contributed by atoms with van der Waals surface area (Å²) in [5.41, 5.74) is 3.36. The minimum atomic E-state index is -0.271. The van der Waals surface area contributed by atoms with E-state index in [1.165, 1.54) is 23.3 Å². The molecule has 0 saturated carbocycles. The van der Waals surface area contributed by atoms with Crippen LogP contribution in [0.2, 0.25) is 0 Å². The Morgan fingerprint density at radius 3 is 2.24 bits per heavy atom. The monoisotopic (exact) mass is 600 g/mol. The van der Waals surface area contributed by atoms with E-state index in [1.54, 1.807) is 23.9 Å². The van der Waals surface area contributed by atoms with E-state index in [-0.39, 0.29) is 11.7 Å². The number of allylic oxidation sites excluding steroid dienone is 3. The summed E-state index contributed by atoms with van der Waals surface area (Å²) in [6.07, 6.45) is 11.0. The fourth-order valence-electron chi connectivity index (χ4n) is 3.63. The first-order valence-corrected chi connectivity index (χ1v) is 16.0. The molecule has 2 aromatic carbocycles. The van der Waals surface area contributed by atoms with Gasteiger partial charge in [0.1, 0.15) is 17.5 Å². The van der Waals surface area contributed by atoms with Crippen molar-refractivity contribution in [1.29, 1.82) is 0 Å². The van der Waals surface area contributed by atoms with Crippen LogP contribution in [0.25, 0.3) is 0 Å². The van der Waals surface area contributed by atoms with Crippen molar-refractivity contribution in [2.24, 2.45) is 0 Å². The van der Waals surface area contributed by atoms with Crippen molar-refractivity contribution < 1.29 is 9.18 Å². The van der Waals surface area contributed by atoms with E-state index in [0.29, 0.717) is 18.8 Å². The number of carbonyl (C=O) groups excluding carboxylic acids is 1. The van der Waals surface area contributed by atoms with Gasteiger partial charge >= 0.3 is 0 Å². The molecule has 0 aliphatic rings. The molecule has 41 heavy (non-hydrogen) atoms. The molecule has 0 bridgehead atoms. The first-order chi connectivity index (χ1) is 19.8. The molecule has 0 unspecified atom stereocenters. The molecule has 224 valence electrons. The Labute approximate surface area is 255 Å². The molecule has 0 atom stereocenters. The molecule has 1 aromatic heterocycles. The van der Waals surface area contributed by atoms with E-state index < -0.39 is 0 Å². The third-order valence-electron chi connectivity index (χ3n) is 5.59. The zero-order chi connectivity index (χ0) is 30.3. The van der Waals surface area contributed by atoms with Crippen LogP contribution in [-0.2, 0) is 36.5 Å². The predicted molar refractivity (Wildman–Crippen MR) is 174 cm³/mol. The lowest BCUT2D eigenvalue weighted by Gasteiger charge is -2.10. The Kier molecular flexibility index (Phi) is 20.0. The van der Waals surface area contributed by atoms with Gasteiger partial charge in [0.15, 0.2) is 0 Å². The molecule has 3 rings (SSSR count). The first kappa shape index (κ1) is 36.1. The van der Waals surface area contributed by atoms with Crippen LogP contribution in [0.15, 0.2) is 78.9 Å². The summed E-state index contributed by atoms with van der Waals surface area (Å²) in [6, 6.07) is 16.6. The van der Waals surface area contributed by atoms with E-state index in [0.717, 1.165) is 61.6 Å². The number of hydrogen-bond donors (Lipinski definition) is 1. The third kappa shape index (κ3) is 17.5. The number of hydrogen-bond acceptors (Lipinski definition) is 4. The summed E-state index contributed by atoms with van der Waals surface area (Å²) >= 11 is 7.04. The number of aromatic nitrogens is 3. The minimum Gasteiger partial charge on any atom is -0.352 e. The minimum absolute atomic E-state index is 0.0120. The molecule has 1 N–H and O–H groups in total. The van der Waals surface area contributed by atoms with Crippen LogP contribution < -0.4 is 5.32 Å². The van der Waals surface area contributed by atoms with Crippen molar-refractivity contribution >= 4 is 29.3 Å². The van der Waals surface area contributed by atoms with E-state index in [1.807, 2.05) is 32.1 Å². The summed E-state index contributed by atoms with van der Waals surface area (Å²) in [5, 5.41) is 11.7. The summed E-state index contributed by atoms with van der Waals surface area (Å²) in [5.74, 6) is 3.23. The van der Waals surface area contributed by atoms with Crippen molar-refractivity contribution in [2.45, 2.75) is 78.1 Å². The van der Waals surface area contributed by atoms with Gasteiger partial charge < -0.3 is 9.88 Å². The molecule has 8 heteroatoms. The van der Waals surface area contributed by atoms with Gasteiger partial charge in [0.2, 0.25) is 5.91 Å². The van der Waals surface area contributed by atoms with Crippen LogP contribution in [0.5, 0.6) is 0 Å². The molecule has 5 nitrogen and oxygen atoms in total. The fourth-order valence-corrected chi connectivity index (χ4v) is 4.22. The van der Waals surface area contributed by atoms with Crippen molar-refractivity contribution in [3.63, 3.8) is 0 Å². The molecule has 3 aromatic rings. The molecule has 0 aliphatic carbocycles. The highest BCUT2D eigenvalue weighted by atomic mass is 35.5. The molecule has 0 radical (unpaired) electrons. The summed E-state index contributed by atoms with van der Waals surface area (Å²) in [6.45, 7) is 10.9. The van der Waals surface area contributed by atoms with Crippen LogP contribution >= 0.6 is 23.4 Å². The maximum absolute atomic E-state index is 12.9. The average molecular weight is 601 g/mol. The summed E-state index contributed by atoms with van der Waals surface area (Å²) in [7, 11) is 0. The Morgan fingerprint density at radius 1 is 1.00 bits per heavy atom. The van der Waals surface area contributed by atoms with E-state index in [4.69, 9.17) is 11.6 Å². The van der Waals surface area contributed by atoms with Gasteiger partial charge in [-0.3, -0.25) is 4.79 Å². The second-order valence-electron chi connectivity index (χ2n) is 9.70. The van der Waals surface area contributed by atoms with E-state index >= 15 is 0 Å². The van der Waals surface area contributed by atoms with E-state index in [9.17, 15) is 9.18 Å². The molecule has 1 heterocycles. The first-order valence-electron chi connectivity index (χ1n) is 14.1. The van der Waals surface area contributed by atoms with Crippen LogP contribution in [0.1, 0.15) is 69.2 Å². The molecule has 0 aliphatic heterocycles. The van der Waals surface area contributed by atoms with Gasteiger partial charge in [-0.25, -0.2) is 4.39 Å². The lowest BCUT2D eigenvalue weighted by atomic mass is 10.1. The maximum atomic E-state index is 12.9. The number of alkyl halides is 1. The predicted octanol–water partition coefficient (Wildman–Crippen LogP) is 8.33. The van der Waals surface area contributed by atoms with Gasteiger partial charge in [-0.15, -0.1) is 28.4 Å². The number of benzene rings is 2. The molecule has 0 saturated heterocycles. The molecule has 0 spiro atoms. The Morgan fingerprint density at radius 2 is 1.66 bits per heavy atom. The number of thioether (sulfide) groups is 1. The molecule has 0 fully saturated rings. The number of nitrogens with zero attached hydrogens (tertiary/aromatic N) is 3. The van der Waals surface area contributed by atoms with Gasteiger partial charge in [-0.1, -0.05) is 67.1 Å². The number of unbranched alkanes of at least 4 members (excludes halogenated alkanes) is 1. The zero-order valence-electron chi connectivity index (χ0n) is 25.0. The molecular formula is C33H46ClFN4OS. The Hall–Kier alpha value is -2.90. The quantitative estimate of drug-likeness (QED) is 0.115. The smallest absolute Gasteiger partial charge is 0.220 e.